The van der Waals surface area contributed by atoms with Gasteiger partial charge in [0, 0.05) is 23.8 Å². The Kier molecular flexibility index (Phi) is 4.35. The Morgan fingerprint density at radius 1 is 1.29 bits per heavy atom. The number of hydrogen-bond acceptors (Lipinski definition) is 5. The van der Waals surface area contributed by atoms with Crippen LogP contribution in [-0.4, -0.2) is 48.5 Å². The van der Waals surface area contributed by atoms with Crippen LogP contribution in [0.15, 0.2) is 34.7 Å². The molecule has 5 nitrogen and oxygen atoms in total. The number of aliphatic hydroxyl groups is 1. The highest BCUT2D eigenvalue weighted by Crippen LogP contribution is 2.51. The minimum Gasteiger partial charge on any atom is -0.460 e. The van der Waals surface area contributed by atoms with Gasteiger partial charge in [-0.3, -0.25) is 4.90 Å². The van der Waals surface area contributed by atoms with Gasteiger partial charge in [-0.15, -0.1) is 0 Å². The topological polar surface area (TPSA) is 71.9 Å². The Balaban J connectivity index is 1.37. The summed E-state index contributed by atoms with van der Waals surface area (Å²) in [4.78, 5) is 2.41. The van der Waals surface area contributed by atoms with Crippen molar-refractivity contribution in [2.24, 2.45) is 11.1 Å². The van der Waals surface area contributed by atoms with Crippen LogP contribution in [0.2, 0.25) is 0 Å². The summed E-state index contributed by atoms with van der Waals surface area (Å²) in [5.74, 6) is 1.01. The normalized spacial score (nSPS) is 26.8. The summed E-state index contributed by atoms with van der Waals surface area (Å²) in [5.41, 5.74) is 6.44. The van der Waals surface area contributed by atoms with Gasteiger partial charge in [-0.1, -0.05) is 18.2 Å². The van der Waals surface area contributed by atoms with Crippen LogP contribution < -0.4 is 5.73 Å². The number of benzene rings is 1. The molecule has 2 fully saturated rings. The number of fused-ring (bicyclic) bond motifs is 1. The second-order valence-corrected chi connectivity index (χ2v) is 7.16. The van der Waals surface area contributed by atoms with Gasteiger partial charge in [0.15, 0.2) is 0 Å². The van der Waals surface area contributed by atoms with Gasteiger partial charge in [-0.05, 0) is 38.1 Å². The average molecular weight is 330 g/mol. The molecule has 0 bridgehead atoms. The molecule has 24 heavy (non-hydrogen) atoms. The maximum atomic E-state index is 10.3. The lowest BCUT2D eigenvalue weighted by Gasteiger charge is -2.56. The molecule has 1 aliphatic carbocycles. The van der Waals surface area contributed by atoms with E-state index in [0.29, 0.717) is 13.2 Å². The zero-order valence-electron chi connectivity index (χ0n) is 14.0. The highest BCUT2D eigenvalue weighted by molar-refractivity contribution is 5.77. The minimum atomic E-state index is -0.228. The van der Waals surface area contributed by atoms with Crippen LogP contribution in [0.1, 0.15) is 25.0 Å². The first-order valence-corrected chi connectivity index (χ1v) is 8.91. The molecule has 2 atom stereocenters. The van der Waals surface area contributed by atoms with E-state index >= 15 is 0 Å². The molecule has 1 aliphatic heterocycles. The van der Waals surface area contributed by atoms with E-state index in [0.717, 1.165) is 55.6 Å². The van der Waals surface area contributed by atoms with E-state index in [4.69, 9.17) is 14.9 Å². The van der Waals surface area contributed by atoms with Crippen molar-refractivity contribution in [2.75, 3.05) is 26.2 Å². The maximum Gasteiger partial charge on any atom is 0.134 e. The van der Waals surface area contributed by atoms with Crippen molar-refractivity contribution in [1.29, 1.82) is 0 Å². The van der Waals surface area contributed by atoms with Gasteiger partial charge < -0.3 is 20.0 Å². The first kappa shape index (κ1) is 16.1. The van der Waals surface area contributed by atoms with E-state index in [1.165, 1.54) is 0 Å². The Hall–Kier alpha value is -1.40. The molecule has 0 radical (unpaired) electrons. The molecule has 3 N–H and O–H groups in total. The fraction of sp³-hybridized carbons (Fsp3) is 0.579. The van der Waals surface area contributed by atoms with Crippen molar-refractivity contribution in [3.05, 3.63) is 36.1 Å². The number of ether oxygens (including phenoxy) is 1. The summed E-state index contributed by atoms with van der Waals surface area (Å²) >= 11 is 0. The van der Waals surface area contributed by atoms with Crippen molar-refractivity contribution in [3.63, 3.8) is 0 Å². The number of nitrogens with two attached hydrogens (primary N) is 1. The number of aliphatic hydroxyl groups excluding tert-OH is 1. The summed E-state index contributed by atoms with van der Waals surface area (Å²) in [6.07, 6.45) is 2.65. The molecule has 2 heterocycles. The zero-order chi connectivity index (χ0) is 16.6. The predicted molar refractivity (Wildman–Crippen MR) is 92.6 cm³/mol. The molecule has 1 spiro atoms. The average Bonchev–Trinajstić information content (AvgIpc) is 3.01. The molecule has 1 saturated carbocycles. The van der Waals surface area contributed by atoms with Gasteiger partial charge in [0.25, 0.3) is 0 Å². The van der Waals surface area contributed by atoms with E-state index in [1.54, 1.807) is 0 Å². The molecular weight excluding hydrogens is 304 g/mol. The van der Waals surface area contributed by atoms with Crippen LogP contribution in [0.3, 0.4) is 0 Å². The fourth-order valence-corrected chi connectivity index (χ4v) is 4.29. The summed E-state index contributed by atoms with van der Waals surface area (Å²) < 4.78 is 11.8. The molecule has 0 amide bonds. The standard InChI is InChI=1S/C19H26N2O3/c20-7-10-23-18-12-17(22)19(18)5-8-21(9-6-19)13-15-11-14-3-1-2-4-16(14)24-15/h1-4,11,17-18,22H,5-10,12-13,20H2. The van der Waals surface area contributed by atoms with Gasteiger partial charge in [-0.2, -0.15) is 0 Å². The number of hydrogen-bond donors (Lipinski definition) is 2. The second-order valence-electron chi connectivity index (χ2n) is 7.16. The second kappa shape index (κ2) is 6.48. The molecule has 5 heteroatoms. The van der Waals surface area contributed by atoms with Gasteiger partial charge in [0.1, 0.15) is 11.3 Å². The molecular formula is C19H26N2O3. The Bertz CT molecular complexity index is 658. The summed E-state index contributed by atoms with van der Waals surface area (Å²) in [5, 5.41) is 11.5. The van der Waals surface area contributed by atoms with E-state index in [2.05, 4.69) is 17.0 Å². The molecule has 130 valence electrons. The van der Waals surface area contributed by atoms with Crippen LogP contribution in [0.5, 0.6) is 0 Å². The number of piperidine rings is 1. The molecule has 2 aliphatic rings. The van der Waals surface area contributed by atoms with E-state index < -0.39 is 0 Å². The number of nitrogens with zero attached hydrogens (tertiary/aromatic N) is 1. The summed E-state index contributed by atoms with van der Waals surface area (Å²) in [6.45, 7) is 3.89. The SMILES string of the molecule is NCCOC1CC(O)C12CCN(Cc1cc3ccccc3o1)CC2. The van der Waals surface area contributed by atoms with Crippen LogP contribution in [0.4, 0.5) is 0 Å². The maximum absolute atomic E-state index is 10.3. The number of furan rings is 1. The van der Waals surface area contributed by atoms with Gasteiger partial charge in [0.05, 0.1) is 25.4 Å². The zero-order valence-corrected chi connectivity index (χ0v) is 14.0. The van der Waals surface area contributed by atoms with Crippen molar-refractivity contribution < 1.29 is 14.3 Å². The lowest BCUT2D eigenvalue weighted by Crippen LogP contribution is -2.62. The molecule has 2 unspecified atom stereocenters. The number of para-hydroxylation sites is 1. The summed E-state index contributed by atoms with van der Waals surface area (Å²) in [6, 6.07) is 10.3. The van der Waals surface area contributed by atoms with Crippen LogP contribution in [-0.2, 0) is 11.3 Å². The molecule has 1 aromatic carbocycles. The quantitative estimate of drug-likeness (QED) is 0.879. The smallest absolute Gasteiger partial charge is 0.134 e. The lowest BCUT2D eigenvalue weighted by atomic mass is 9.58. The number of rotatable bonds is 5. The van der Waals surface area contributed by atoms with Crippen molar-refractivity contribution >= 4 is 11.0 Å². The van der Waals surface area contributed by atoms with Crippen LogP contribution >= 0.6 is 0 Å². The largest absolute Gasteiger partial charge is 0.460 e. The monoisotopic (exact) mass is 330 g/mol. The first-order chi connectivity index (χ1) is 11.7. The Morgan fingerprint density at radius 3 is 2.79 bits per heavy atom. The van der Waals surface area contributed by atoms with Gasteiger partial charge in [-0.25, -0.2) is 0 Å². The molecule has 1 aromatic heterocycles. The third-order valence-corrected chi connectivity index (χ3v) is 5.82. The minimum absolute atomic E-state index is 0.0560. The van der Waals surface area contributed by atoms with E-state index in [1.807, 2.05) is 18.2 Å². The molecule has 4 rings (SSSR count). The predicted octanol–water partition coefficient (Wildman–Crippen LogP) is 2.12. The first-order valence-electron chi connectivity index (χ1n) is 8.91. The molecule has 2 aromatic rings. The van der Waals surface area contributed by atoms with E-state index in [9.17, 15) is 5.11 Å². The Labute approximate surface area is 142 Å². The van der Waals surface area contributed by atoms with Gasteiger partial charge in [0.2, 0.25) is 0 Å². The van der Waals surface area contributed by atoms with Crippen LogP contribution in [0.25, 0.3) is 11.0 Å². The fourth-order valence-electron chi connectivity index (χ4n) is 4.29. The summed E-state index contributed by atoms with van der Waals surface area (Å²) in [7, 11) is 0. The third kappa shape index (κ3) is 2.75. The van der Waals surface area contributed by atoms with E-state index in [-0.39, 0.29) is 17.6 Å². The Morgan fingerprint density at radius 2 is 2.08 bits per heavy atom. The van der Waals surface area contributed by atoms with Crippen molar-refractivity contribution in [1.82, 2.24) is 4.90 Å². The highest BCUT2D eigenvalue weighted by Gasteiger charge is 2.56. The lowest BCUT2D eigenvalue weighted by molar-refractivity contribution is -0.210. The third-order valence-electron chi connectivity index (χ3n) is 5.82. The van der Waals surface area contributed by atoms with Crippen LogP contribution in [0, 0.1) is 5.41 Å². The highest BCUT2D eigenvalue weighted by atomic mass is 16.5. The van der Waals surface area contributed by atoms with Crippen molar-refractivity contribution in [2.45, 2.75) is 38.0 Å². The number of likely N-dealkylation sites (tertiary alicyclic amines) is 1. The van der Waals surface area contributed by atoms with Gasteiger partial charge >= 0.3 is 0 Å². The van der Waals surface area contributed by atoms with Crippen molar-refractivity contribution in [3.8, 4) is 0 Å². The molecule has 1 saturated heterocycles.